The van der Waals surface area contributed by atoms with E-state index in [4.69, 9.17) is 4.74 Å². The van der Waals surface area contributed by atoms with Gasteiger partial charge in [0.05, 0.1) is 12.7 Å². The molecule has 0 bridgehead atoms. The first-order valence-corrected chi connectivity index (χ1v) is 8.79. The second-order valence-electron chi connectivity index (χ2n) is 6.15. The summed E-state index contributed by atoms with van der Waals surface area (Å²) in [4.78, 5) is 0. The van der Waals surface area contributed by atoms with Crippen molar-refractivity contribution < 1.29 is 4.74 Å². The lowest BCUT2D eigenvalue weighted by Gasteiger charge is -2.33. The number of hydrogen-bond donors (Lipinski definition) is 1. The van der Waals surface area contributed by atoms with E-state index in [1.807, 2.05) is 0 Å². The maximum absolute atomic E-state index is 6.16. The molecule has 0 radical (unpaired) electrons. The van der Waals surface area contributed by atoms with Crippen LogP contribution in [0.2, 0.25) is 0 Å². The Morgan fingerprint density at radius 2 is 2.00 bits per heavy atom. The topological polar surface area (TPSA) is 21.3 Å². The maximum atomic E-state index is 6.16. The molecule has 0 fully saturated rings. The van der Waals surface area contributed by atoms with Crippen molar-refractivity contribution in [3.63, 3.8) is 0 Å². The van der Waals surface area contributed by atoms with E-state index in [0.29, 0.717) is 6.04 Å². The summed E-state index contributed by atoms with van der Waals surface area (Å²) in [7, 11) is 0. The molecular weight excluding hydrogens is 258 g/mol. The second-order valence-corrected chi connectivity index (χ2v) is 6.15. The molecule has 1 aromatic carbocycles. The second kappa shape index (κ2) is 9.22. The molecule has 2 atom stereocenters. The number of hydrogen-bond acceptors (Lipinski definition) is 2. The van der Waals surface area contributed by atoms with Crippen LogP contribution in [0.1, 0.15) is 69.6 Å². The molecule has 118 valence electrons. The average Bonchev–Trinajstić information content (AvgIpc) is 2.54. The summed E-state index contributed by atoms with van der Waals surface area (Å²) >= 11 is 0. The van der Waals surface area contributed by atoms with E-state index < -0.39 is 0 Å². The summed E-state index contributed by atoms with van der Waals surface area (Å²) in [6.07, 6.45) is 9.00. The lowest BCUT2D eigenvalue weighted by atomic mass is 9.90. The van der Waals surface area contributed by atoms with E-state index in [0.717, 1.165) is 19.6 Å². The van der Waals surface area contributed by atoms with Gasteiger partial charge in [0.15, 0.2) is 0 Å². The quantitative estimate of drug-likeness (QED) is 0.669. The van der Waals surface area contributed by atoms with Crippen LogP contribution in [0, 0.1) is 0 Å². The molecule has 0 spiro atoms. The van der Waals surface area contributed by atoms with Crippen LogP contribution in [0.4, 0.5) is 0 Å². The van der Waals surface area contributed by atoms with Gasteiger partial charge in [0.1, 0.15) is 0 Å². The minimum absolute atomic E-state index is 0.239. The Hall–Kier alpha value is -0.860. The van der Waals surface area contributed by atoms with Gasteiger partial charge in [-0.25, -0.2) is 0 Å². The molecule has 21 heavy (non-hydrogen) atoms. The zero-order valence-electron chi connectivity index (χ0n) is 13.7. The van der Waals surface area contributed by atoms with E-state index in [2.05, 4.69) is 43.4 Å². The van der Waals surface area contributed by atoms with Gasteiger partial charge in [0, 0.05) is 6.04 Å². The van der Waals surface area contributed by atoms with Crippen LogP contribution in [-0.4, -0.2) is 19.2 Å². The van der Waals surface area contributed by atoms with E-state index in [-0.39, 0.29) is 6.10 Å². The Labute approximate surface area is 130 Å². The summed E-state index contributed by atoms with van der Waals surface area (Å²) in [5, 5.41) is 3.73. The van der Waals surface area contributed by atoms with Crippen LogP contribution < -0.4 is 5.32 Å². The van der Waals surface area contributed by atoms with E-state index in [1.165, 1.54) is 49.7 Å². The molecule has 2 unspecified atom stereocenters. The fraction of sp³-hybridized carbons (Fsp3) is 0.684. The predicted molar refractivity (Wildman–Crippen MR) is 89.7 cm³/mol. The molecule has 2 rings (SSSR count). The lowest BCUT2D eigenvalue weighted by molar-refractivity contribution is 0.0127. The Bertz CT molecular complexity index is 404. The van der Waals surface area contributed by atoms with Gasteiger partial charge in [0.25, 0.3) is 0 Å². The van der Waals surface area contributed by atoms with Crippen molar-refractivity contribution in [2.45, 2.75) is 70.9 Å². The Morgan fingerprint density at radius 3 is 2.81 bits per heavy atom. The van der Waals surface area contributed by atoms with Gasteiger partial charge in [-0.05, 0) is 36.9 Å². The molecule has 1 aliphatic heterocycles. The standard InChI is InChI=1S/C19H31NO/c1-3-5-6-7-12-18(20-14-4-2)19-17-11-9-8-10-16(17)13-15-21-19/h8-11,18-20H,3-7,12-15H2,1-2H3. The zero-order chi connectivity index (χ0) is 14.9. The fourth-order valence-corrected chi connectivity index (χ4v) is 3.24. The Morgan fingerprint density at radius 1 is 1.14 bits per heavy atom. The van der Waals surface area contributed by atoms with Crippen molar-refractivity contribution in [3.05, 3.63) is 35.4 Å². The van der Waals surface area contributed by atoms with Crippen molar-refractivity contribution in [2.75, 3.05) is 13.2 Å². The van der Waals surface area contributed by atoms with E-state index in [1.54, 1.807) is 0 Å². The van der Waals surface area contributed by atoms with Gasteiger partial charge in [0.2, 0.25) is 0 Å². The number of fused-ring (bicyclic) bond motifs is 1. The number of benzene rings is 1. The molecular formula is C19H31NO. The highest BCUT2D eigenvalue weighted by molar-refractivity contribution is 5.31. The third kappa shape index (κ3) is 4.82. The first kappa shape index (κ1) is 16.5. The summed E-state index contributed by atoms with van der Waals surface area (Å²) in [6.45, 7) is 6.45. The molecule has 0 saturated heterocycles. The van der Waals surface area contributed by atoms with Gasteiger partial charge >= 0.3 is 0 Å². The van der Waals surface area contributed by atoms with Crippen LogP contribution in [0.15, 0.2) is 24.3 Å². The van der Waals surface area contributed by atoms with Crippen molar-refractivity contribution in [2.24, 2.45) is 0 Å². The summed E-state index contributed by atoms with van der Waals surface area (Å²) in [6, 6.07) is 9.28. The fourth-order valence-electron chi connectivity index (χ4n) is 3.24. The molecule has 0 saturated carbocycles. The van der Waals surface area contributed by atoms with Crippen LogP contribution in [0.25, 0.3) is 0 Å². The van der Waals surface area contributed by atoms with E-state index >= 15 is 0 Å². The molecule has 0 aromatic heterocycles. The zero-order valence-corrected chi connectivity index (χ0v) is 13.7. The molecule has 1 heterocycles. The van der Waals surface area contributed by atoms with Crippen LogP contribution in [-0.2, 0) is 11.2 Å². The number of ether oxygens (including phenoxy) is 1. The third-order valence-corrected chi connectivity index (χ3v) is 4.42. The van der Waals surface area contributed by atoms with Gasteiger partial charge in [-0.1, -0.05) is 63.8 Å². The summed E-state index contributed by atoms with van der Waals surface area (Å²) in [5.74, 6) is 0. The average molecular weight is 289 g/mol. The highest BCUT2D eigenvalue weighted by Gasteiger charge is 2.27. The normalized spacial score (nSPS) is 19.2. The van der Waals surface area contributed by atoms with Crippen molar-refractivity contribution in [1.29, 1.82) is 0 Å². The highest BCUT2D eigenvalue weighted by atomic mass is 16.5. The Kier molecular flexibility index (Phi) is 7.25. The van der Waals surface area contributed by atoms with Gasteiger partial charge < -0.3 is 10.1 Å². The maximum Gasteiger partial charge on any atom is 0.0980 e. The monoisotopic (exact) mass is 289 g/mol. The summed E-state index contributed by atoms with van der Waals surface area (Å²) < 4.78 is 6.16. The highest BCUT2D eigenvalue weighted by Crippen LogP contribution is 2.31. The largest absolute Gasteiger partial charge is 0.372 e. The lowest BCUT2D eigenvalue weighted by Crippen LogP contribution is -2.38. The van der Waals surface area contributed by atoms with Gasteiger partial charge in [-0.15, -0.1) is 0 Å². The number of nitrogens with one attached hydrogen (secondary N) is 1. The molecule has 1 aliphatic rings. The molecule has 1 N–H and O–H groups in total. The SMILES string of the molecule is CCCCCCC(NCCC)C1OCCc2ccccc21. The van der Waals surface area contributed by atoms with Crippen LogP contribution >= 0.6 is 0 Å². The molecule has 0 aliphatic carbocycles. The van der Waals surface area contributed by atoms with Crippen molar-refractivity contribution in [1.82, 2.24) is 5.32 Å². The van der Waals surface area contributed by atoms with Crippen LogP contribution in [0.3, 0.4) is 0 Å². The molecule has 2 heteroatoms. The minimum Gasteiger partial charge on any atom is -0.372 e. The number of unbranched alkanes of at least 4 members (excludes halogenated alkanes) is 3. The molecule has 2 nitrogen and oxygen atoms in total. The molecule has 0 amide bonds. The minimum atomic E-state index is 0.239. The van der Waals surface area contributed by atoms with E-state index in [9.17, 15) is 0 Å². The van der Waals surface area contributed by atoms with Crippen LogP contribution in [0.5, 0.6) is 0 Å². The predicted octanol–water partition coefficient (Wildman–Crippen LogP) is 4.64. The summed E-state index contributed by atoms with van der Waals surface area (Å²) in [5.41, 5.74) is 2.89. The molecule has 1 aromatic rings. The first-order chi connectivity index (χ1) is 10.4. The van der Waals surface area contributed by atoms with Gasteiger partial charge in [-0.2, -0.15) is 0 Å². The van der Waals surface area contributed by atoms with Crippen molar-refractivity contribution >= 4 is 0 Å². The third-order valence-electron chi connectivity index (χ3n) is 4.42. The first-order valence-electron chi connectivity index (χ1n) is 8.79. The Balaban J connectivity index is 2.02. The smallest absolute Gasteiger partial charge is 0.0980 e. The number of rotatable bonds is 9. The van der Waals surface area contributed by atoms with Crippen molar-refractivity contribution in [3.8, 4) is 0 Å². The van der Waals surface area contributed by atoms with Gasteiger partial charge in [-0.3, -0.25) is 0 Å².